The minimum absolute atomic E-state index is 0.0874. The molecule has 0 saturated carbocycles. The van der Waals surface area contributed by atoms with Crippen LogP contribution < -0.4 is 4.74 Å². The van der Waals surface area contributed by atoms with Gasteiger partial charge in [0.2, 0.25) is 0 Å². The van der Waals surface area contributed by atoms with E-state index in [1.54, 1.807) is 43.3 Å². The number of alkyl halides is 1. The molecule has 1 saturated heterocycles. The summed E-state index contributed by atoms with van der Waals surface area (Å²) in [6, 6.07) is 9.25. The number of aliphatic carboxylic acids is 1. The molecule has 0 radical (unpaired) electrons. The number of carboxylic acid groups (broad SMARTS) is 1. The van der Waals surface area contributed by atoms with Crippen LogP contribution in [0, 0.1) is 5.41 Å². The Morgan fingerprint density at radius 3 is 2.81 bits per heavy atom. The maximum Gasteiger partial charge on any atom is 0.309 e. The van der Waals surface area contributed by atoms with Crippen molar-refractivity contribution in [2.75, 3.05) is 32.5 Å². The molecule has 2 aromatic heterocycles. The molecule has 0 aliphatic carbocycles. The van der Waals surface area contributed by atoms with Crippen LogP contribution in [-0.2, 0) is 4.79 Å². The van der Waals surface area contributed by atoms with E-state index in [9.17, 15) is 9.90 Å². The van der Waals surface area contributed by atoms with E-state index >= 15 is 4.39 Å². The van der Waals surface area contributed by atoms with Crippen LogP contribution in [-0.4, -0.2) is 58.4 Å². The zero-order valence-electron chi connectivity index (χ0n) is 20.3. The highest BCUT2D eigenvalue weighted by Crippen LogP contribution is 2.42. The normalized spacial score (nSPS) is 16.6. The Hall–Kier alpha value is -2.42. The van der Waals surface area contributed by atoms with E-state index < -0.39 is 17.6 Å². The lowest BCUT2D eigenvalue weighted by Gasteiger charge is -2.39. The van der Waals surface area contributed by atoms with Crippen LogP contribution in [0.15, 0.2) is 53.8 Å². The van der Waals surface area contributed by atoms with Crippen molar-refractivity contribution in [2.45, 2.75) is 43.2 Å². The molecule has 192 valence electrons. The number of pyridine rings is 2. The van der Waals surface area contributed by atoms with Crippen LogP contribution in [0.1, 0.15) is 43.8 Å². The third-order valence-electron chi connectivity index (χ3n) is 7.05. The van der Waals surface area contributed by atoms with Gasteiger partial charge in [-0.05, 0) is 87.8 Å². The van der Waals surface area contributed by atoms with E-state index in [0.29, 0.717) is 48.1 Å². The van der Waals surface area contributed by atoms with Crippen LogP contribution in [0.3, 0.4) is 0 Å². The first-order chi connectivity index (χ1) is 17.4. The van der Waals surface area contributed by atoms with Gasteiger partial charge in [0.05, 0.1) is 23.1 Å². The fraction of sp³-hybridized carbons (Fsp3) is 0.444. The fourth-order valence-corrected chi connectivity index (χ4v) is 5.93. The van der Waals surface area contributed by atoms with Gasteiger partial charge in [0.1, 0.15) is 11.9 Å². The molecule has 1 atom stereocenters. The first-order valence-corrected chi connectivity index (χ1v) is 13.5. The molecule has 9 heteroatoms. The Kier molecular flexibility index (Phi) is 9.04. The van der Waals surface area contributed by atoms with Gasteiger partial charge in [-0.2, -0.15) is 0 Å². The average molecular weight is 532 g/mol. The zero-order chi connectivity index (χ0) is 25.5. The number of hydrogen-bond acceptors (Lipinski definition) is 6. The van der Waals surface area contributed by atoms with Gasteiger partial charge in [-0.3, -0.25) is 14.8 Å². The molecule has 1 unspecified atom stereocenters. The number of carboxylic acids is 1. The number of halogens is 2. The summed E-state index contributed by atoms with van der Waals surface area (Å²) in [6.07, 6.45) is 6.09. The number of hydrogen-bond donors (Lipinski definition) is 1. The SMILES string of the molecule is COc1ccc2ncc(Cl)c(C(F)CCC3(C(=O)O)CCN(CCCSc4cccnc4)CC3)c2c1. The molecule has 36 heavy (non-hydrogen) atoms. The monoisotopic (exact) mass is 531 g/mol. The van der Waals surface area contributed by atoms with Gasteiger partial charge in [0.15, 0.2) is 0 Å². The van der Waals surface area contributed by atoms with Crippen molar-refractivity contribution in [3.8, 4) is 5.75 Å². The number of thioether (sulfide) groups is 1. The molecule has 1 aliphatic heterocycles. The number of nitrogens with zero attached hydrogens (tertiary/aromatic N) is 3. The number of ether oxygens (including phenoxy) is 1. The first-order valence-electron chi connectivity index (χ1n) is 12.2. The number of carbonyl (C=O) groups is 1. The number of piperidine rings is 1. The van der Waals surface area contributed by atoms with Crippen molar-refractivity contribution in [1.29, 1.82) is 0 Å². The summed E-state index contributed by atoms with van der Waals surface area (Å²) < 4.78 is 20.9. The van der Waals surface area contributed by atoms with Crippen molar-refractivity contribution in [1.82, 2.24) is 14.9 Å². The zero-order valence-corrected chi connectivity index (χ0v) is 21.9. The van der Waals surface area contributed by atoms with Crippen molar-refractivity contribution in [2.24, 2.45) is 5.41 Å². The molecule has 4 rings (SSSR count). The van der Waals surface area contributed by atoms with Gasteiger partial charge in [0.25, 0.3) is 0 Å². The summed E-state index contributed by atoms with van der Waals surface area (Å²) in [5.41, 5.74) is 0.0589. The van der Waals surface area contributed by atoms with Crippen LogP contribution in [0.25, 0.3) is 10.9 Å². The Morgan fingerprint density at radius 1 is 1.31 bits per heavy atom. The van der Waals surface area contributed by atoms with Crippen molar-refractivity contribution >= 4 is 40.2 Å². The van der Waals surface area contributed by atoms with E-state index in [4.69, 9.17) is 16.3 Å². The van der Waals surface area contributed by atoms with Gasteiger partial charge < -0.3 is 14.7 Å². The Morgan fingerprint density at radius 2 is 2.11 bits per heavy atom. The highest BCUT2D eigenvalue weighted by molar-refractivity contribution is 7.99. The van der Waals surface area contributed by atoms with Crippen molar-refractivity contribution < 1.29 is 19.0 Å². The number of likely N-dealkylation sites (tertiary alicyclic amines) is 1. The molecule has 0 bridgehead atoms. The molecule has 0 spiro atoms. The number of rotatable bonds is 11. The largest absolute Gasteiger partial charge is 0.497 e. The number of fused-ring (bicyclic) bond motifs is 1. The number of benzene rings is 1. The van der Waals surface area contributed by atoms with Crippen LogP contribution >= 0.6 is 23.4 Å². The predicted octanol–water partition coefficient (Wildman–Crippen LogP) is 6.43. The highest BCUT2D eigenvalue weighted by Gasteiger charge is 2.41. The van der Waals surface area contributed by atoms with Crippen molar-refractivity contribution in [3.63, 3.8) is 0 Å². The van der Waals surface area contributed by atoms with E-state index in [-0.39, 0.29) is 17.9 Å². The van der Waals surface area contributed by atoms with E-state index in [1.165, 1.54) is 6.20 Å². The summed E-state index contributed by atoms with van der Waals surface area (Å²) >= 11 is 8.14. The molecule has 0 amide bonds. The standard InChI is InChI=1S/C27H31ClFN3O3S/c1-35-19-5-6-24-21(16-19)25(22(28)18-31-24)23(29)7-8-27(26(33)34)9-13-32(14-10-27)12-3-15-36-20-4-2-11-30-17-20/h2,4-6,11,16-18,23H,3,7-10,12-15H2,1H3,(H,33,34). The lowest BCUT2D eigenvalue weighted by molar-refractivity contribution is -0.153. The van der Waals surface area contributed by atoms with Crippen LogP contribution in [0.5, 0.6) is 5.75 Å². The lowest BCUT2D eigenvalue weighted by Crippen LogP contribution is -2.44. The maximum atomic E-state index is 15.6. The molecule has 3 heterocycles. The Bertz CT molecular complexity index is 1180. The summed E-state index contributed by atoms with van der Waals surface area (Å²) in [6.45, 7) is 2.34. The fourth-order valence-electron chi connectivity index (χ4n) is 4.85. The number of methoxy groups -OCH3 is 1. The predicted molar refractivity (Wildman–Crippen MR) is 142 cm³/mol. The second-order valence-corrected chi connectivity index (χ2v) is 10.8. The molecule has 1 aliphatic rings. The van der Waals surface area contributed by atoms with E-state index in [0.717, 1.165) is 23.6 Å². The van der Waals surface area contributed by atoms with Gasteiger partial charge in [0, 0.05) is 34.4 Å². The summed E-state index contributed by atoms with van der Waals surface area (Å²) in [4.78, 5) is 24.2. The third kappa shape index (κ3) is 6.28. The maximum absolute atomic E-state index is 15.6. The van der Waals surface area contributed by atoms with Gasteiger partial charge in [-0.25, -0.2) is 4.39 Å². The van der Waals surface area contributed by atoms with Crippen LogP contribution in [0.4, 0.5) is 4.39 Å². The molecule has 1 aromatic carbocycles. The van der Waals surface area contributed by atoms with E-state index in [1.807, 2.05) is 12.3 Å². The quantitative estimate of drug-likeness (QED) is 0.225. The lowest BCUT2D eigenvalue weighted by atomic mass is 9.74. The second kappa shape index (κ2) is 12.2. The molecule has 1 fully saturated rings. The Labute approximate surface area is 220 Å². The molecular weight excluding hydrogens is 501 g/mol. The molecule has 6 nitrogen and oxygen atoms in total. The molecule has 3 aromatic rings. The third-order valence-corrected chi connectivity index (χ3v) is 8.42. The highest BCUT2D eigenvalue weighted by atomic mass is 35.5. The Balaban J connectivity index is 1.34. The summed E-state index contributed by atoms with van der Waals surface area (Å²) in [5.74, 6) is 0.739. The van der Waals surface area contributed by atoms with Gasteiger partial charge in [-0.1, -0.05) is 11.6 Å². The smallest absolute Gasteiger partial charge is 0.309 e. The van der Waals surface area contributed by atoms with Gasteiger partial charge >= 0.3 is 5.97 Å². The number of aromatic nitrogens is 2. The van der Waals surface area contributed by atoms with E-state index in [2.05, 4.69) is 20.9 Å². The van der Waals surface area contributed by atoms with Gasteiger partial charge in [-0.15, -0.1) is 11.8 Å². The minimum Gasteiger partial charge on any atom is -0.497 e. The average Bonchev–Trinajstić information content (AvgIpc) is 2.90. The van der Waals surface area contributed by atoms with Crippen molar-refractivity contribution in [3.05, 3.63) is 59.5 Å². The molecular formula is C27H31ClFN3O3S. The molecule has 1 N–H and O–H groups in total. The summed E-state index contributed by atoms with van der Waals surface area (Å²) in [7, 11) is 1.55. The first kappa shape index (κ1) is 26.6. The summed E-state index contributed by atoms with van der Waals surface area (Å²) in [5, 5.41) is 10.9. The second-order valence-electron chi connectivity index (χ2n) is 9.23. The minimum atomic E-state index is -1.39. The topological polar surface area (TPSA) is 75.6 Å². The van der Waals surface area contributed by atoms with Crippen LogP contribution in [0.2, 0.25) is 5.02 Å².